The highest BCUT2D eigenvalue weighted by Crippen LogP contribution is 2.30. The maximum atomic E-state index is 14.5. The highest BCUT2D eigenvalue weighted by molar-refractivity contribution is 6.31. The van der Waals surface area contributed by atoms with E-state index in [1.165, 1.54) is 0 Å². The molecule has 0 saturated carbocycles. The minimum absolute atomic E-state index is 0.00656. The Morgan fingerprint density at radius 2 is 1.92 bits per heavy atom. The molecule has 5 rings (SSSR count). The first-order valence-corrected chi connectivity index (χ1v) is 11.7. The molecular formula is C23H23ClF2N4O6. The molecule has 4 heterocycles. The lowest BCUT2D eigenvalue weighted by Gasteiger charge is -2.15. The van der Waals surface area contributed by atoms with Gasteiger partial charge in [0, 0.05) is 17.7 Å². The number of rotatable bonds is 9. The van der Waals surface area contributed by atoms with Gasteiger partial charge in [-0.25, -0.2) is 13.8 Å². The van der Waals surface area contributed by atoms with Crippen molar-refractivity contribution in [3.8, 4) is 11.8 Å². The van der Waals surface area contributed by atoms with E-state index in [9.17, 15) is 18.7 Å². The second-order valence-electron chi connectivity index (χ2n) is 8.58. The van der Waals surface area contributed by atoms with Crippen LogP contribution in [-0.4, -0.2) is 70.2 Å². The summed E-state index contributed by atoms with van der Waals surface area (Å²) in [5.41, 5.74) is 6.15. The first kappa shape index (κ1) is 24.6. The van der Waals surface area contributed by atoms with Crippen molar-refractivity contribution >= 4 is 28.7 Å². The number of amides is 1. The number of imidazole rings is 1. The van der Waals surface area contributed by atoms with Gasteiger partial charge < -0.3 is 34.8 Å². The molecule has 4 atom stereocenters. The van der Waals surface area contributed by atoms with Crippen LogP contribution >= 0.6 is 11.6 Å². The van der Waals surface area contributed by atoms with Crippen LogP contribution in [0.25, 0.3) is 11.2 Å². The number of aryl methyl sites for hydroxylation is 1. The molecular weight excluding hydrogens is 502 g/mol. The molecule has 2 saturated heterocycles. The van der Waals surface area contributed by atoms with Gasteiger partial charge in [-0.2, -0.15) is 4.98 Å². The van der Waals surface area contributed by atoms with E-state index in [-0.39, 0.29) is 56.4 Å². The number of ether oxygens (including phenoxy) is 4. The molecule has 192 valence electrons. The van der Waals surface area contributed by atoms with Crippen LogP contribution in [0.4, 0.5) is 8.78 Å². The Balaban J connectivity index is 1.26. The van der Waals surface area contributed by atoms with Gasteiger partial charge in [0.25, 0.3) is 6.01 Å². The first-order valence-electron chi connectivity index (χ1n) is 11.3. The van der Waals surface area contributed by atoms with E-state index >= 15 is 0 Å². The third-order valence-electron chi connectivity index (χ3n) is 6.07. The Kier molecular flexibility index (Phi) is 6.93. The molecule has 1 amide bonds. The molecule has 2 aliphatic heterocycles. The zero-order valence-corrected chi connectivity index (χ0v) is 19.6. The van der Waals surface area contributed by atoms with Gasteiger partial charge in [0.15, 0.2) is 11.8 Å². The summed E-state index contributed by atoms with van der Waals surface area (Å²) in [6.07, 6.45) is -1.89. The van der Waals surface area contributed by atoms with Crippen LogP contribution in [-0.2, 0) is 27.1 Å². The number of nitrogens with zero attached hydrogens (tertiary/aromatic N) is 2. The van der Waals surface area contributed by atoms with Gasteiger partial charge in [0.2, 0.25) is 5.91 Å². The number of pyridine rings is 1. The number of nitrogens with one attached hydrogen (secondary N) is 1. The van der Waals surface area contributed by atoms with Crippen LogP contribution < -0.4 is 15.2 Å². The largest absolute Gasteiger partial charge is 0.493 e. The highest BCUT2D eigenvalue weighted by Gasteiger charge is 2.48. The number of carbonyl (C=O) groups is 1. The summed E-state index contributed by atoms with van der Waals surface area (Å²) < 4.78 is 51.2. The van der Waals surface area contributed by atoms with Crippen LogP contribution in [0.15, 0.2) is 18.2 Å². The summed E-state index contributed by atoms with van der Waals surface area (Å²) >= 11 is 6.36. The number of hydrogen-bond acceptors (Lipinski definition) is 8. The second kappa shape index (κ2) is 10.1. The lowest BCUT2D eigenvalue weighted by molar-refractivity contribution is -0.118. The second-order valence-corrected chi connectivity index (χ2v) is 8.99. The first-order chi connectivity index (χ1) is 17.3. The van der Waals surface area contributed by atoms with E-state index < -0.39 is 42.0 Å². The molecule has 10 nitrogen and oxygen atoms in total. The quantitative estimate of drug-likeness (QED) is 0.385. The molecule has 3 aromatic rings. The molecule has 1 aromatic carbocycles. The Morgan fingerprint density at radius 1 is 1.17 bits per heavy atom. The SMILES string of the molecule is NC(=O)CCOc1cc(F)c(CCc2nc3nc(O[C@@H]4CO[C@H]5[C@@H]4OC[C@H]5O)[nH]c3cc2Cl)c(F)c1. The van der Waals surface area contributed by atoms with E-state index in [1.54, 1.807) is 6.07 Å². The van der Waals surface area contributed by atoms with Gasteiger partial charge in [0.1, 0.15) is 35.7 Å². The lowest BCUT2D eigenvalue weighted by Crippen LogP contribution is -2.34. The molecule has 4 N–H and O–H groups in total. The smallest absolute Gasteiger partial charge is 0.296 e. The zero-order valence-electron chi connectivity index (χ0n) is 18.9. The number of carbonyl (C=O) groups excluding carboxylic acids is 1. The Bertz CT molecular complexity index is 1270. The number of H-pyrrole nitrogens is 1. The fourth-order valence-electron chi connectivity index (χ4n) is 4.27. The fraction of sp³-hybridized carbons (Fsp3) is 0.435. The number of fused-ring (bicyclic) bond motifs is 2. The van der Waals surface area contributed by atoms with Gasteiger partial charge in [-0.15, -0.1) is 0 Å². The van der Waals surface area contributed by atoms with Gasteiger partial charge in [-0.3, -0.25) is 4.79 Å². The minimum Gasteiger partial charge on any atom is -0.493 e. The standard InChI is InChI=1S/C23H23ClF2N4O6/c24-12-7-16-22(30-23(29-16)36-18-9-35-20-17(31)8-34-21(18)20)28-15(12)2-1-11-13(25)5-10(6-14(11)26)33-4-3-19(27)32/h5-7,17-18,20-21,31H,1-4,8-9H2,(H2,27,32)(H,28,29,30)/t17-,18-,20-,21-/m1/s1. The van der Waals surface area contributed by atoms with Gasteiger partial charge in [-0.1, -0.05) is 11.6 Å². The van der Waals surface area contributed by atoms with Gasteiger partial charge in [-0.05, 0) is 18.9 Å². The van der Waals surface area contributed by atoms with Crippen molar-refractivity contribution in [1.82, 2.24) is 15.0 Å². The molecule has 36 heavy (non-hydrogen) atoms. The summed E-state index contributed by atoms with van der Waals surface area (Å²) in [7, 11) is 0. The number of aromatic nitrogens is 3. The maximum absolute atomic E-state index is 14.5. The topological polar surface area (TPSA) is 142 Å². The highest BCUT2D eigenvalue weighted by atomic mass is 35.5. The maximum Gasteiger partial charge on any atom is 0.296 e. The normalized spacial score (nSPS) is 23.2. The predicted octanol–water partition coefficient (Wildman–Crippen LogP) is 1.83. The number of aromatic amines is 1. The van der Waals surface area contributed by atoms with Crippen LogP contribution in [0, 0.1) is 11.6 Å². The van der Waals surface area contributed by atoms with Gasteiger partial charge in [0.05, 0.1) is 42.5 Å². The molecule has 2 aromatic heterocycles. The number of halogens is 3. The van der Waals surface area contributed by atoms with Crippen LogP contribution in [0.1, 0.15) is 17.7 Å². The van der Waals surface area contributed by atoms with E-state index in [1.807, 2.05) is 0 Å². The molecule has 0 bridgehead atoms. The molecule has 2 fully saturated rings. The van der Waals surface area contributed by atoms with Gasteiger partial charge >= 0.3 is 0 Å². The van der Waals surface area contributed by atoms with Crippen LogP contribution in [0.2, 0.25) is 5.02 Å². The lowest BCUT2D eigenvalue weighted by atomic mass is 10.1. The Morgan fingerprint density at radius 3 is 2.67 bits per heavy atom. The van der Waals surface area contributed by atoms with Crippen molar-refractivity contribution in [1.29, 1.82) is 0 Å². The molecule has 0 unspecified atom stereocenters. The summed E-state index contributed by atoms with van der Waals surface area (Å²) in [6, 6.07) is 3.91. The number of primary amides is 1. The van der Waals surface area contributed by atoms with E-state index in [4.69, 9.17) is 36.3 Å². The molecule has 13 heteroatoms. The van der Waals surface area contributed by atoms with E-state index in [0.717, 1.165) is 12.1 Å². The molecule has 0 aliphatic carbocycles. The van der Waals surface area contributed by atoms with Crippen LogP contribution in [0.5, 0.6) is 11.8 Å². The Labute approximate surface area is 208 Å². The summed E-state index contributed by atoms with van der Waals surface area (Å²) in [5, 5.41) is 10.2. The number of aliphatic hydroxyl groups excluding tert-OH is 1. The Hall–Kier alpha value is -3.06. The van der Waals surface area contributed by atoms with Crippen molar-refractivity contribution < 1.29 is 37.6 Å². The molecule has 0 radical (unpaired) electrons. The van der Waals surface area contributed by atoms with E-state index in [0.29, 0.717) is 21.9 Å². The predicted molar refractivity (Wildman–Crippen MR) is 122 cm³/mol. The number of nitrogens with two attached hydrogens (primary N) is 1. The molecule has 2 aliphatic rings. The number of benzene rings is 1. The monoisotopic (exact) mass is 524 g/mol. The summed E-state index contributed by atoms with van der Waals surface area (Å²) in [6.45, 7) is 0.351. The van der Waals surface area contributed by atoms with Crippen LogP contribution in [0.3, 0.4) is 0 Å². The third kappa shape index (κ3) is 5.07. The number of aliphatic hydroxyl groups is 1. The number of hydrogen-bond donors (Lipinski definition) is 3. The van der Waals surface area contributed by atoms with Crippen molar-refractivity contribution in [3.05, 3.63) is 46.1 Å². The van der Waals surface area contributed by atoms with Crippen molar-refractivity contribution in [2.45, 2.75) is 43.7 Å². The van der Waals surface area contributed by atoms with E-state index in [2.05, 4.69) is 15.0 Å². The fourth-order valence-corrected chi connectivity index (χ4v) is 4.51. The van der Waals surface area contributed by atoms with Crippen molar-refractivity contribution in [3.63, 3.8) is 0 Å². The average molecular weight is 525 g/mol. The average Bonchev–Trinajstić information content (AvgIpc) is 3.50. The minimum atomic E-state index is -0.784. The summed E-state index contributed by atoms with van der Waals surface area (Å²) in [5.74, 6) is -2.18. The molecule has 0 spiro atoms. The zero-order chi connectivity index (χ0) is 25.4. The summed E-state index contributed by atoms with van der Waals surface area (Å²) in [4.78, 5) is 22.5. The third-order valence-corrected chi connectivity index (χ3v) is 6.39. The van der Waals surface area contributed by atoms with Crippen molar-refractivity contribution in [2.75, 3.05) is 19.8 Å². The van der Waals surface area contributed by atoms with Crippen molar-refractivity contribution in [2.24, 2.45) is 5.73 Å².